The normalized spacial score (nSPS) is 20.5. The Morgan fingerprint density at radius 3 is 2.67 bits per heavy atom. The number of benzene rings is 1. The largest absolute Gasteiger partial charge is 0.432 e. The number of hydrogen-bond acceptors (Lipinski definition) is 5. The summed E-state index contributed by atoms with van der Waals surface area (Å²) >= 11 is 0. The van der Waals surface area contributed by atoms with Gasteiger partial charge in [-0.15, -0.1) is 0 Å². The Bertz CT molecular complexity index is 400. The van der Waals surface area contributed by atoms with Crippen molar-refractivity contribution in [2.45, 2.75) is 13.2 Å². The molecule has 1 heterocycles. The van der Waals surface area contributed by atoms with Gasteiger partial charge in [-0.1, -0.05) is 35.5 Å². The van der Waals surface area contributed by atoms with Crippen LogP contribution < -0.4 is 0 Å². The molecule has 1 aliphatic rings. The van der Waals surface area contributed by atoms with Crippen molar-refractivity contribution < 1.29 is 14.8 Å². The lowest BCUT2D eigenvalue weighted by Crippen LogP contribution is -2.18. The van der Waals surface area contributed by atoms with Crippen LogP contribution in [-0.2, 0) is 9.57 Å². The van der Waals surface area contributed by atoms with Crippen molar-refractivity contribution in [3.05, 3.63) is 35.9 Å². The molecule has 5 heteroatoms. The van der Waals surface area contributed by atoms with Gasteiger partial charge in [0.15, 0.2) is 5.71 Å². The molecule has 2 rings (SSSR count). The zero-order chi connectivity index (χ0) is 10.7. The number of nitrogens with zero attached hydrogens (tertiary/aromatic N) is 2. The molecule has 1 aliphatic heterocycles. The quantitative estimate of drug-likeness (QED) is 0.454. The Labute approximate surface area is 86.6 Å². The highest BCUT2D eigenvalue weighted by molar-refractivity contribution is 6.45. The first-order valence-corrected chi connectivity index (χ1v) is 4.49. The van der Waals surface area contributed by atoms with E-state index in [1.165, 1.54) is 0 Å². The summed E-state index contributed by atoms with van der Waals surface area (Å²) in [5.41, 5.74) is 0.983. The number of ether oxygens (including phenoxy) is 1. The molecule has 0 saturated carbocycles. The zero-order valence-corrected chi connectivity index (χ0v) is 8.12. The highest BCUT2D eigenvalue weighted by Crippen LogP contribution is 2.11. The number of oxime groups is 2. The molecule has 5 nitrogen and oxygen atoms in total. The SMILES string of the molecule is C[C@@H]1ON=C(C(=NO)c2ccccc2)O1. The lowest BCUT2D eigenvalue weighted by Gasteiger charge is -2.04. The average molecular weight is 206 g/mol. The van der Waals surface area contributed by atoms with Gasteiger partial charge in [-0.2, -0.15) is 0 Å². The fraction of sp³-hybridized carbons (Fsp3) is 0.200. The van der Waals surface area contributed by atoms with Crippen LogP contribution in [0, 0.1) is 0 Å². The Morgan fingerprint density at radius 1 is 1.40 bits per heavy atom. The zero-order valence-electron chi connectivity index (χ0n) is 8.12. The van der Waals surface area contributed by atoms with E-state index < -0.39 is 6.29 Å². The van der Waals surface area contributed by atoms with Gasteiger partial charge in [0.1, 0.15) is 0 Å². The van der Waals surface area contributed by atoms with E-state index in [1.54, 1.807) is 19.1 Å². The number of hydrogen-bond donors (Lipinski definition) is 1. The molecule has 0 saturated heterocycles. The first-order chi connectivity index (χ1) is 7.31. The summed E-state index contributed by atoms with van der Waals surface area (Å²) in [5.74, 6) is 0.191. The van der Waals surface area contributed by atoms with Crippen LogP contribution in [0.2, 0.25) is 0 Å². The Hall–Kier alpha value is -2.04. The lowest BCUT2D eigenvalue weighted by molar-refractivity contribution is -0.0313. The van der Waals surface area contributed by atoms with Gasteiger partial charge >= 0.3 is 0 Å². The smallest absolute Gasteiger partial charge is 0.283 e. The summed E-state index contributed by atoms with van der Waals surface area (Å²) in [6.45, 7) is 1.70. The minimum absolute atomic E-state index is 0.191. The topological polar surface area (TPSA) is 63.4 Å². The van der Waals surface area contributed by atoms with Crippen molar-refractivity contribution in [1.82, 2.24) is 0 Å². The predicted molar refractivity (Wildman–Crippen MR) is 53.8 cm³/mol. The fourth-order valence-corrected chi connectivity index (χ4v) is 1.24. The molecule has 0 aromatic heterocycles. The molecular formula is C10H10N2O3. The van der Waals surface area contributed by atoms with Crippen molar-refractivity contribution >= 4 is 11.6 Å². The van der Waals surface area contributed by atoms with Crippen LogP contribution in [-0.4, -0.2) is 23.1 Å². The Morgan fingerprint density at radius 2 is 2.13 bits per heavy atom. The summed E-state index contributed by atoms with van der Waals surface area (Å²) in [4.78, 5) is 4.84. The summed E-state index contributed by atoms with van der Waals surface area (Å²) in [5, 5.41) is 15.7. The highest BCUT2D eigenvalue weighted by Gasteiger charge is 2.23. The summed E-state index contributed by atoms with van der Waals surface area (Å²) in [6, 6.07) is 9.13. The molecule has 0 spiro atoms. The van der Waals surface area contributed by atoms with Crippen molar-refractivity contribution in [3.63, 3.8) is 0 Å². The molecule has 0 amide bonds. The Balaban J connectivity index is 2.27. The second kappa shape index (κ2) is 4.00. The van der Waals surface area contributed by atoms with Crippen molar-refractivity contribution in [2.24, 2.45) is 10.3 Å². The molecule has 1 N–H and O–H groups in total. The fourth-order valence-electron chi connectivity index (χ4n) is 1.24. The van der Waals surface area contributed by atoms with Crippen LogP contribution in [0.1, 0.15) is 12.5 Å². The maximum Gasteiger partial charge on any atom is 0.283 e. The summed E-state index contributed by atoms with van der Waals surface area (Å²) < 4.78 is 5.21. The van der Waals surface area contributed by atoms with Gasteiger partial charge in [-0.25, -0.2) is 0 Å². The van der Waals surface area contributed by atoms with Gasteiger partial charge < -0.3 is 14.8 Å². The number of rotatable bonds is 2. The predicted octanol–water partition coefficient (Wildman–Crippen LogP) is 1.57. The molecule has 0 unspecified atom stereocenters. The van der Waals surface area contributed by atoms with E-state index in [0.717, 1.165) is 5.56 Å². The van der Waals surface area contributed by atoms with Crippen LogP contribution in [0.3, 0.4) is 0 Å². The van der Waals surface area contributed by atoms with Crippen LogP contribution >= 0.6 is 0 Å². The molecule has 0 aliphatic carbocycles. The molecule has 0 bridgehead atoms. The third kappa shape index (κ3) is 1.90. The van der Waals surface area contributed by atoms with Crippen molar-refractivity contribution in [1.29, 1.82) is 0 Å². The summed E-state index contributed by atoms with van der Waals surface area (Å²) in [7, 11) is 0. The monoisotopic (exact) mass is 206 g/mol. The summed E-state index contributed by atoms with van der Waals surface area (Å²) in [6.07, 6.45) is -0.444. The molecule has 1 aromatic rings. The Kier molecular flexibility index (Phi) is 2.53. The maximum absolute atomic E-state index is 8.90. The third-order valence-electron chi connectivity index (χ3n) is 1.91. The standard InChI is InChI=1S/C10H10N2O3/c1-7-14-10(12-15-7)9(11-13)8-5-3-2-4-6-8/h2-7,13H,1H3/t7-/m0/s1. The van der Waals surface area contributed by atoms with Gasteiger partial charge in [0.2, 0.25) is 0 Å². The third-order valence-corrected chi connectivity index (χ3v) is 1.91. The molecule has 0 radical (unpaired) electrons. The van der Waals surface area contributed by atoms with Crippen LogP contribution in [0.5, 0.6) is 0 Å². The maximum atomic E-state index is 8.90. The van der Waals surface area contributed by atoms with Gasteiger partial charge in [0.05, 0.1) is 0 Å². The van der Waals surface area contributed by atoms with Crippen molar-refractivity contribution in [3.8, 4) is 0 Å². The van der Waals surface area contributed by atoms with E-state index in [2.05, 4.69) is 10.3 Å². The van der Waals surface area contributed by atoms with Gasteiger partial charge in [-0.05, 0) is 5.16 Å². The van der Waals surface area contributed by atoms with E-state index in [0.29, 0.717) is 0 Å². The minimum Gasteiger partial charge on any atom is -0.432 e. The molecule has 78 valence electrons. The molecular weight excluding hydrogens is 196 g/mol. The molecule has 1 aromatic carbocycles. The van der Waals surface area contributed by atoms with Gasteiger partial charge in [-0.3, -0.25) is 0 Å². The van der Waals surface area contributed by atoms with Crippen LogP contribution in [0.25, 0.3) is 0 Å². The van der Waals surface area contributed by atoms with E-state index >= 15 is 0 Å². The van der Waals surface area contributed by atoms with E-state index in [4.69, 9.17) is 14.8 Å². The molecule has 0 fully saturated rings. The van der Waals surface area contributed by atoms with Gasteiger partial charge in [0, 0.05) is 12.5 Å². The van der Waals surface area contributed by atoms with Crippen molar-refractivity contribution in [2.75, 3.05) is 0 Å². The van der Waals surface area contributed by atoms with Crippen LogP contribution in [0.4, 0.5) is 0 Å². The van der Waals surface area contributed by atoms with E-state index in [1.807, 2.05) is 18.2 Å². The van der Waals surface area contributed by atoms with E-state index in [9.17, 15) is 0 Å². The minimum atomic E-state index is -0.444. The first-order valence-electron chi connectivity index (χ1n) is 4.49. The van der Waals surface area contributed by atoms with Gasteiger partial charge in [0.25, 0.3) is 12.2 Å². The first kappa shape index (κ1) is 9.51. The second-order valence-electron chi connectivity index (χ2n) is 3.00. The average Bonchev–Trinajstić information content (AvgIpc) is 2.68. The molecule has 1 atom stereocenters. The van der Waals surface area contributed by atoms with E-state index in [-0.39, 0.29) is 11.6 Å². The molecule has 15 heavy (non-hydrogen) atoms. The highest BCUT2D eigenvalue weighted by atomic mass is 16.8. The second-order valence-corrected chi connectivity index (χ2v) is 3.00. The van der Waals surface area contributed by atoms with Crippen LogP contribution in [0.15, 0.2) is 40.6 Å². The lowest BCUT2D eigenvalue weighted by atomic mass is 10.1.